The summed E-state index contributed by atoms with van der Waals surface area (Å²) in [5.74, 6) is 0.742. The first-order valence-electron chi connectivity index (χ1n) is 10.8. The normalized spacial score (nSPS) is 11.6. The Kier molecular flexibility index (Phi) is 6.18. The van der Waals surface area contributed by atoms with Gasteiger partial charge in [0.25, 0.3) is 12.0 Å². The molecule has 0 aliphatic heterocycles. The summed E-state index contributed by atoms with van der Waals surface area (Å²) >= 11 is 0. The fraction of sp³-hybridized carbons (Fsp3) is 0.280. The molecule has 0 aliphatic rings. The van der Waals surface area contributed by atoms with Crippen molar-refractivity contribution in [2.45, 2.75) is 33.4 Å². The van der Waals surface area contributed by atoms with Crippen molar-refractivity contribution < 1.29 is 8.78 Å². The summed E-state index contributed by atoms with van der Waals surface area (Å²) in [6, 6.07) is 15.5. The van der Waals surface area contributed by atoms with Crippen LogP contribution in [-0.4, -0.2) is 13.7 Å². The van der Waals surface area contributed by atoms with E-state index in [4.69, 9.17) is 0 Å². The number of fused-ring (bicyclic) bond motifs is 1. The van der Waals surface area contributed by atoms with Gasteiger partial charge in [-0.2, -0.15) is 0 Å². The molecule has 0 unspecified atom stereocenters. The number of para-hydroxylation sites is 1. The smallest absolute Gasteiger partial charge is 0.331 e. The number of rotatable bonds is 7. The standard InChI is InChI=1S/C25H26F2N4O2/c1-16(2)13-31-20-15-30(14-17-9-11-18(12-10-17)22(26)27)23(28-19-7-5-4-6-8-19)21(20)24(32)29(3)25(31)33/h4-12,15-16,22,28H,13-14H2,1-3H3. The molecule has 0 spiro atoms. The zero-order chi connectivity index (χ0) is 23.7. The molecular weight excluding hydrogens is 426 g/mol. The molecule has 0 radical (unpaired) electrons. The van der Waals surface area contributed by atoms with Crippen molar-refractivity contribution in [1.82, 2.24) is 13.7 Å². The van der Waals surface area contributed by atoms with E-state index in [1.807, 2.05) is 48.7 Å². The molecule has 4 rings (SSSR count). The van der Waals surface area contributed by atoms with Crippen LogP contribution in [0.15, 0.2) is 70.4 Å². The SMILES string of the molecule is CC(C)Cn1c(=O)n(C)c(=O)c2c(Nc3ccccc3)n(Cc3ccc(C(F)F)cc3)cc21. The molecule has 0 fully saturated rings. The molecule has 0 saturated carbocycles. The second-order valence-electron chi connectivity index (χ2n) is 8.55. The van der Waals surface area contributed by atoms with E-state index in [0.717, 1.165) is 15.8 Å². The molecule has 0 saturated heterocycles. The largest absolute Gasteiger partial charge is 0.341 e. The molecule has 2 aromatic carbocycles. The van der Waals surface area contributed by atoms with Crippen LogP contribution in [0.25, 0.3) is 10.9 Å². The molecule has 33 heavy (non-hydrogen) atoms. The second-order valence-corrected chi connectivity index (χ2v) is 8.55. The fourth-order valence-electron chi connectivity index (χ4n) is 3.92. The van der Waals surface area contributed by atoms with Crippen molar-refractivity contribution >= 4 is 22.4 Å². The van der Waals surface area contributed by atoms with Gasteiger partial charge in [-0.15, -0.1) is 0 Å². The Bertz CT molecular complexity index is 1380. The van der Waals surface area contributed by atoms with Crippen LogP contribution >= 0.6 is 0 Å². The van der Waals surface area contributed by atoms with Gasteiger partial charge in [-0.05, 0) is 23.6 Å². The monoisotopic (exact) mass is 452 g/mol. The van der Waals surface area contributed by atoms with Crippen LogP contribution in [0.5, 0.6) is 0 Å². The zero-order valence-corrected chi connectivity index (χ0v) is 18.8. The van der Waals surface area contributed by atoms with E-state index in [1.165, 1.54) is 19.2 Å². The third kappa shape index (κ3) is 4.46. The molecule has 0 amide bonds. The maximum atomic E-state index is 13.2. The Labute approximate surface area is 189 Å². The third-order valence-corrected chi connectivity index (χ3v) is 5.55. The summed E-state index contributed by atoms with van der Waals surface area (Å²) in [5, 5.41) is 3.74. The average molecular weight is 453 g/mol. The highest BCUT2D eigenvalue weighted by molar-refractivity contribution is 5.92. The summed E-state index contributed by atoms with van der Waals surface area (Å²) in [5.41, 5.74) is 1.32. The van der Waals surface area contributed by atoms with Crippen molar-refractivity contribution in [3.63, 3.8) is 0 Å². The van der Waals surface area contributed by atoms with Crippen LogP contribution in [0.3, 0.4) is 0 Å². The summed E-state index contributed by atoms with van der Waals surface area (Å²) in [4.78, 5) is 26.1. The van der Waals surface area contributed by atoms with E-state index in [1.54, 1.807) is 22.9 Å². The maximum absolute atomic E-state index is 13.2. The van der Waals surface area contributed by atoms with E-state index in [-0.39, 0.29) is 22.7 Å². The molecule has 2 heterocycles. The lowest BCUT2D eigenvalue weighted by atomic mass is 10.1. The minimum absolute atomic E-state index is 0.0429. The highest BCUT2D eigenvalue weighted by atomic mass is 19.3. The molecule has 6 nitrogen and oxygen atoms in total. The lowest BCUT2D eigenvalue weighted by molar-refractivity contribution is 0.151. The van der Waals surface area contributed by atoms with Crippen molar-refractivity contribution in [3.8, 4) is 0 Å². The number of hydrogen-bond donors (Lipinski definition) is 1. The van der Waals surface area contributed by atoms with E-state index >= 15 is 0 Å². The number of nitrogens with one attached hydrogen (secondary N) is 1. The Hall–Kier alpha value is -3.68. The fourth-order valence-corrected chi connectivity index (χ4v) is 3.92. The van der Waals surface area contributed by atoms with Gasteiger partial charge in [-0.1, -0.05) is 56.3 Å². The molecular formula is C25H26F2N4O2. The Morgan fingerprint density at radius 1 is 0.970 bits per heavy atom. The van der Waals surface area contributed by atoms with Gasteiger partial charge in [0.1, 0.15) is 11.2 Å². The van der Waals surface area contributed by atoms with E-state index in [9.17, 15) is 18.4 Å². The number of alkyl halides is 2. The highest BCUT2D eigenvalue weighted by Crippen LogP contribution is 2.28. The summed E-state index contributed by atoms with van der Waals surface area (Å²) in [6.45, 7) is 4.82. The van der Waals surface area contributed by atoms with Crippen molar-refractivity contribution in [2.75, 3.05) is 5.32 Å². The average Bonchev–Trinajstić information content (AvgIpc) is 3.13. The van der Waals surface area contributed by atoms with Gasteiger partial charge in [-0.3, -0.25) is 13.9 Å². The topological polar surface area (TPSA) is 61.0 Å². The first kappa shape index (κ1) is 22.5. The third-order valence-electron chi connectivity index (χ3n) is 5.55. The molecule has 172 valence electrons. The summed E-state index contributed by atoms with van der Waals surface area (Å²) in [7, 11) is 1.48. The van der Waals surface area contributed by atoms with E-state index in [2.05, 4.69) is 5.32 Å². The first-order valence-corrected chi connectivity index (χ1v) is 10.8. The van der Waals surface area contributed by atoms with Gasteiger partial charge in [0, 0.05) is 37.6 Å². The molecule has 8 heteroatoms. The summed E-state index contributed by atoms with van der Waals surface area (Å²) < 4.78 is 30.5. The van der Waals surface area contributed by atoms with E-state index in [0.29, 0.717) is 29.8 Å². The predicted molar refractivity (Wildman–Crippen MR) is 127 cm³/mol. The van der Waals surface area contributed by atoms with Crippen molar-refractivity contribution in [3.05, 3.63) is 92.8 Å². The van der Waals surface area contributed by atoms with Crippen LogP contribution in [0, 0.1) is 5.92 Å². The number of hydrogen-bond acceptors (Lipinski definition) is 3. The molecule has 0 bridgehead atoms. The lowest BCUT2D eigenvalue weighted by Gasteiger charge is -2.13. The number of aromatic nitrogens is 3. The molecule has 0 aliphatic carbocycles. The Balaban J connectivity index is 1.92. The Morgan fingerprint density at radius 2 is 1.64 bits per heavy atom. The van der Waals surface area contributed by atoms with Crippen molar-refractivity contribution in [2.24, 2.45) is 13.0 Å². The van der Waals surface area contributed by atoms with Gasteiger partial charge in [0.2, 0.25) is 0 Å². The molecule has 4 aromatic rings. The predicted octanol–water partition coefficient (Wildman–Crippen LogP) is 4.89. The first-order chi connectivity index (χ1) is 15.8. The van der Waals surface area contributed by atoms with Crippen molar-refractivity contribution in [1.29, 1.82) is 0 Å². The quantitative estimate of drug-likeness (QED) is 0.435. The van der Waals surface area contributed by atoms with Gasteiger partial charge in [-0.25, -0.2) is 13.6 Å². The van der Waals surface area contributed by atoms with Gasteiger partial charge in [0.15, 0.2) is 0 Å². The number of benzene rings is 2. The van der Waals surface area contributed by atoms with E-state index < -0.39 is 6.43 Å². The van der Waals surface area contributed by atoms with Gasteiger partial charge >= 0.3 is 5.69 Å². The second kappa shape index (κ2) is 9.05. The Morgan fingerprint density at radius 3 is 2.24 bits per heavy atom. The minimum atomic E-state index is -2.53. The maximum Gasteiger partial charge on any atom is 0.331 e. The number of halogens is 2. The molecule has 1 N–H and O–H groups in total. The molecule has 0 atom stereocenters. The van der Waals surface area contributed by atoms with Gasteiger partial charge in [0.05, 0.1) is 5.52 Å². The zero-order valence-electron chi connectivity index (χ0n) is 18.8. The van der Waals surface area contributed by atoms with Gasteiger partial charge < -0.3 is 9.88 Å². The number of nitrogens with zero attached hydrogens (tertiary/aromatic N) is 3. The van der Waals surface area contributed by atoms with Crippen LogP contribution in [0.4, 0.5) is 20.3 Å². The van der Waals surface area contributed by atoms with Crippen LogP contribution < -0.4 is 16.6 Å². The van der Waals surface area contributed by atoms with Crippen LogP contribution in [0.2, 0.25) is 0 Å². The highest BCUT2D eigenvalue weighted by Gasteiger charge is 2.20. The minimum Gasteiger partial charge on any atom is -0.341 e. The van der Waals surface area contributed by atoms with Crippen LogP contribution in [-0.2, 0) is 20.1 Å². The lowest BCUT2D eigenvalue weighted by Crippen LogP contribution is -2.38. The summed E-state index contributed by atoms with van der Waals surface area (Å²) in [6.07, 6.45) is -0.746. The molecule has 2 aromatic heterocycles. The number of anilines is 2. The van der Waals surface area contributed by atoms with Crippen LogP contribution in [0.1, 0.15) is 31.4 Å².